The molecule has 2 atom stereocenters. The van der Waals surface area contributed by atoms with Crippen molar-refractivity contribution in [1.29, 1.82) is 0 Å². The Morgan fingerprint density at radius 1 is 1.33 bits per heavy atom. The summed E-state index contributed by atoms with van der Waals surface area (Å²) in [6, 6.07) is 0. The van der Waals surface area contributed by atoms with Gasteiger partial charge >= 0.3 is 11.9 Å². The van der Waals surface area contributed by atoms with Gasteiger partial charge in [0.05, 0.1) is 19.1 Å². The van der Waals surface area contributed by atoms with Crippen LogP contribution >= 0.6 is 0 Å². The van der Waals surface area contributed by atoms with Crippen LogP contribution in [-0.2, 0) is 19.1 Å². The molecule has 0 aromatic heterocycles. The molecule has 88 valence electrons. The lowest BCUT2D eigenvalue weighted by Gasteiger charge is -2.18. The largest absolute Gasteiger partial charge is 0.469 e. The van der Waals surface area contributed by atoms with Crippen molar-refractivity contribution in [2.24, 2.45) is 5.92 Å². The van der Waals surface area contributed by atoms with Crippen molar-refractivity contribution in [2.75, 3.05) is 7.11 Å². The Hall–Kier alpha value is -1.06. The van der Waals surface area contributed by atoms with Gasteiger partial charge < -0.3 is 9.47 Å². The summed E-state index contributed by atoms with van der Waals surface area (Å²) >= 11 is 0. The Balaban J connectivity index is 4.14. The second kappa shape index (κ2) is 7.26. The van der Waals surface area contributed by atoms with Crippen LogP contribution in [-0.4, -0.2) is 25.2 Å². The molecule has 0 fully saturated rings. The summed E-state index contributed by atoms with van der Waals surface area (Å²) in [6.07, 6.45) is 1.96. The number of esters is 2. The van der Waals surface area contributed by atoms with E-state index in [2.05, 4.69) is 0 Å². The minimum Gasteiger partial charge on any atom is -0.469 e. The van der Waals surface area contributed by atoms with Crippen molar-refractivity contribution in [2.45, 2.75) is 46.1 Å². The molecule has 0 aliphatic rings. The monoisotopic (exact) mass is 216 g/mol. The third-order valence-electron chi connectivity index (χ3n) is 2.16. The maximum atomic E-state index is 11.4. The van der Waals surface area contributed by atoms with Gasteiger partial charge in [0.15, 0.2) is 0 Å². The molecule has 4 heteroatoms. The number of hydrogen-bond donors (Lipinski definition) is 0. The van der Waals surface area contributed by atoms with Gasteiger partial charge in [0.1, 0.15) is 0 Å². The molecule has 0 amide bonds. The average Bonchev–Trinajstić information content (AvgIpc) is 2.14. The molecule has 0 aliphatic heterocycles. The molecule has 0 N–H and O–H groups in total. The molecule has 0 radical (unpaired) electrons. The summed E-state index contributed by atoms with van der Waals surface area (Å²) < 4.78 is 9.67. The Morgan fingerprint density at radius 3 is 2.33 bits per heavy atom. The molecule has 0 heterocycles. The normalized spacial score (nSPS) is 14.1. The van der Waals surface area contributed by atoms with E-state index in [-0.39, 0.29) is 24.0 Å². The van der Waals surface area contributed by atoms with Gasteiger partial charge in [-0.25, -0.2) is 0 Å². The molecule has 0 aromatic carbocycles. The number of ether oxygens (including phenoxy) is 2. The fourth-order valence-electron chi connectivity index (χ4n) is 1.58. The van der Waals surface area contributed by atoms with E-state index in [0.717, 1.165) is 12.8 Å². The third-order valence-corrected chi connectivity index (χ3v) is 2.16. The topological polar surface area (TPSA) is 52.6 Å². The van der Waals surface area contributed by atoms with E-state index in [1.807, 2.05) is 6.92 Å². The first-order valence-electron chi connectivity index (χ1n) is 5.26. The predicted octanol–water partition coefficient (Wildman–Crippen LogP) is 1.92. The molecule has 0 spiro atoms. The van der Waals surface area contributed by atoms with Crippen LogP contribution in [0.3, 0.4) is 0 Å². The molecule has 15 heavy (non-hydrogen) atoms. The standard InChI is InChI=1S/C11H20O4/c1-5-6-10(11(13)14-4)7-8(2)15-9(3)12/h8,10H,5-7H2,1-4H3/t8-,10+/m0/s1. The number of carbonyl (C=O) groups excluding carboxylic acids is 2. The van der Waals surface area contributed by atoms with Gasteiger partial charge in [0, 0.05) is 6.92 Å². The number of carbonyl (C=O) groups is 2. The van der Waals surface area contributed by atoms with E-state index in [4.69, 9.17) is 9.47 Å². The number of rotatable bonds is 6. The highest BCUT2D eigenvalue weighted by molar-refractivity contribution is 5.72. The number of hydrogen-bond acceptors (Lipinski definition) is 4. The first kappa shape index (κ1) is 13.9. The minimum atomic E-state index is -0.317. The lowest BCUT2D eigenvalue weighted by Crippen LogP contribution is -2.23. The first-order chi connectivity index (χ1) is 7.01. The fraction of sp³-hybridized carbons (Fsp3) is 0.818. The van der Waals surface area contributed by atoms with Gasteiger partial charge in [-0.05, 0) is 19.8 Å². The zero-order valence-corrected chi connectivity index (χ0v) is 9.91. The fourth-order valence-corrected chi connectivity index (χ4v) is 1.58. The SMILES string of the molecule is CCC[C@H](C[C@H](C)OC(C)=O)C(=O)OC. The van der Waals surface area contributed by atoms with Crippen LogP contribution in [0, 0.1) is 5.92 Å². The van der Waals surface area contributed by atoms with E-state index >= 15 is 0 Å². The maximum Gasteiger partial charge on any atom is 0.308 e. The highest BCUT2D eigenvalue weighted by atomic mass is 16.5. The Morgan fingerprint density at radius 2 is 1.93 bits per heavy atom. The Labute approximate surface area is 90.9 Å². The predicted molar refractivity (Wildman–Crippen MR) is 56.3 cm³/mol. The molecular weight excluding hydrogens is 196 g/mol. The van der Waals surface area contributed by atoms with E-state index in [1.54, 1.807) is 6.92 Å². The van der Waals surface area contributed by atoms with Crippen LogP contribution in [0.2, 0.25) is 0 Å². The Bertz CT molecular complexity index is 213. The van der Waals surface area contributed by atoms with Crippen LogP contribution in [0.4, 0.5) is 0 Å². The molecule has 0 bridgehead atoms. The highest BCUT2D eigenvalue weighted by Gasteiger charge is 2.22. The molecule has 0 aliphatic carbocycles. The molecule has 0 saturated heterocycles. The third kappa shape index (κ3) is 6.10. The van der Waals surface area contributed by atoms with Gasteiger partial charge in [-0.2, -0.15) is 0 Å². The van der Waals surface area contributed by atoms with Crippen LogP contribution in [0.1, 0.15) is 40.0 Å². The molecule has 0 aromatic rings. The average molecular weight is 216 g/mol. The van der Waals surface area contributed by atoms with Gasteiger partial charge in [-0.15, -0.1) is 0 Å². The van der Waals surface area contributed by atoms with Crippen molar-refractivity contribution in [3.8, 4) is 0 Å². The van der Waals surface area contributed by atoms with Crippen LogP contribution < -0.4 is 0 Å². The molecule has 0 rings (SSSR count). The van der Waals surface area contributed by atoms with E-state index < -0.39 is 0 Å². The summed E-state index contributed by atoms with van der Waals surface area (Å²) in [6.45, 7) is 5.16. The summed E-state index contributed by atoms with van der Waals surface area (Å²) in [7, 11) is 1.38. The van der Waals surface area contributed by atoms with Crippen LogP contribution in [0.5, 0.6) is 0 Å². The van der Waals surface area contributed by atoms with Crippen molar-refractivity contribution < 1.29 is 19.1 Å². The van der Waals surface area contributed by atoms with Gasteiger partial charge in [-0.1, -0.05) is 13.3 Å². The first-order valence-corrected chi connectivity index (χ1v) is 5.26. The quantitative estimate of drug-likeness (QED) is 0.636. The van der Waals surface area contributed by atoms with Crippen molar-refractivity contribution in [3.05, 3.63) is 0 Å². The second-order valence-corrected chi connectivity index (χ2v) is 3.66. The van der Waals surface area contributed by atoms with Crippen LogP contribution in [0.15, 0.2) is 0 Å². The highest BCUT2D eigenvalue weighted by Crippen LogP contribution is 2.17. The van der Waals surface area contributed by atoms with Gasteiger partial charge in [-0.3, -0.25) is 9.59 Å². The van der Waals surface area contributed by atoms with E-state index in [1.165, 1.54) is 14.0 Å². The molecule has 0 saturated carbocycles. The summed E-state index contributed by atoms with van der Waals surface area (Å²) in [5, 5.41) is 0. The maximum absolute atomic E-state index is 11.4. The van der Waals surface area contributed by atoms with Crippen LogP contribution in [0.25, 0.3) is 0 Å². The summed E-state index contributed by atoms with van der Waals surface area (Å²) in [5.74, 6) is -0.715. The molecule has 4 nitrogen and oxygen atoms in total. The number of methoxy groups -OCH3 is 1. The van der Waals surface area contributed by atoms with Crippen molar-refractivity contribution in [1.82, 2.24) is 0 Å². The zero-order chi connectivity index (χ0) is 11.8. The van der Waals surface area contributed by atoms with E-state index in [0.29, 0.717) is 6.42 Å². The minimum absolute atomic E-state index is 0.172. The van der Waals surface area contributed by atoms with Crippen molar-refractivity contribution in [3.63, 3.8) is 0 Å². The summed E-state index contributed by atoms with van der Waals surface area (Å²) in [4.78, 5) is 22.1. The molecule has 0 unspecified atom stereocenters. The lowest BCUT2D eigenvalue weighted by atomic mass is 9.97. The second-order valence-electron chi connectivity index (χ2n) is 3.66. The zero-order valence-electron chi connectivity index (χ0n) is 9.91. The Kier molecular flexibility index (Phi) is 6.75. The van der Waals surface area contributed by atoms with Gasteiger partial charge in [0.25, 0.3) is 0 Å². The smallest absolute Gasteiger partial charge is 0.308 e. The summed E-state index contributed by atoms with van der Waals surface area (Å²) in [5.41, 5.74) is 0. The van der Waals surface area contributed by atoms with Gasteiger partial charge in [0.2, 0.25) is 0 Å². The molecular formula is C11H20O4. The van der Waals surface area contributed by atoms with Crippen molar-refractivity contribution >= 4 is 11.9 Å². The lowest BCUT2D eigenvalue weighted by molar-refractivity contribution is -0.152. The van der Waals surface area contributed by atoms with E-state index in [9.17, 15) is 9.59 Å².